The van der Waals surface area contributed by atoms with E-state index in [1.54, 1.807) is 0 Å². The van der Waals surface area contributed by atoms with Gasteiger partial charge in [0.1, 0.15) is 5.82 Å². The Balaban J connectivity index is 2.05. The molecular formula is C13H14N4O. The summed E-state index contributed by atoms with van der Waals surface area (Å²) in [5.74, 6) is 0.894. The lowest BCUT2D eigenvalue weighted by atomic mass is 10.1. The Morgan fingerprint density at radius 1 is 1.39 bits per heavy atom. The molecule has 1 aromatic carbocycles. The third-order valence-electron chi connectivity index (χ3n) is 3.16. The highest BCUT2D eigenvalue weighted by Crippen LogP contribution is 2.29. The first-order valence-electron chi connectivity index (χ1n) is 5.82. The van der Waals surface area contributed by atoms with E-state index >= 15 is 0 Å². The van der Waals surface area contributed by atoms with Gasteiger partial charge in [-0.25, -0.2) is 0 Å². The molecule has 0 saturated heterocycles. The van der Waals surface area contributed by atoms with E-state index in [4.69, 9.17) is 0 Å². The Labute approximate surface area is 105 Å². The molecule has 1 aliphatic rings. The summed E-state index contributed by atoms with van der Waals surface area (Å²) in [6.45, 7) is 0. The number of carbonyl (C=O) groups is 1. The molecule has 0 aliphatic carbocycles. The molecule has 0 spiro atoms. The van der Waals surface area contributed by atoms with Crippen molar-refractivity contribution in [2.45, 2.75) is 6.42 Å². The van der Waals surface area contributed by atoms with Gasteiger partial charge < -0.3 is 10.6 Å². The number of anilines is 2. The molecule has 2 heterocycles. The van der Waals surface area contributed by atoms with Crippen molar-refractivity contribution < 1.29 is 4.79 Å². The molecule has 1 amide bonds. The lowest BCUT2D eigenvalue weighted by Crippen LogP contribution is -2.03. The average Bonchev–Trinajstić information content (AvgIpc) is 2.89. The minimum Gasteiger partial charge on any atom is -0.372 e. The van der Waals surface area contributed by atoms with Crippen LogP contribution >= 0.6 is 0 Å². The minimum absolute atomic E-state index is 0.0584. The van der Waals surface area contributed by atoms with Crippen LogP contribution in [-0.2, 0) is 18.3 Å². The highest BCUT2D eigenvalue weighted by atomic mass is 16.1. The van der Waals surface area contributed by atoms with E-state index < -0.39 is 0 Å². The third kappa shape index (κ3) is 1.64. The van der Waals surface area contributed by atoms with Gasteiger partial charge in [0.2, 0.25) is 5.91 Å². The summed E-state index contributed by atoms with van der Waals surface area (Å²) in [6.07, 6.45) is 0.458. The van der Waals surface area contributed by atoms with Gasteiger partial charge in [-0.3, -0.25) is 9.48 Å². The molecule has 0 unspecified atom stereocenters. The molecule has 5 nitrogen and oxygen atoms in total. The van der Waals surface area contributed by atoms with E-state index in [9.17, 15) is 4.79 Å². The fraction of sp³-hybridized carbons (Fsp3) is 0.231. The van der Waals surface area contributed by atoms with E-state index in [-0.39, 0.29) is 5.91 Å². The predicted octanol–water partition coefficient (Wildman–Crippen LogP) is 1.62. The molecule has 1 aromatic heterocycles. The molecule has 3 rings (SSSR count). The Bertz CT molecular complexity index is 630. The van der Waals surface area contributed by atoms with E-state index in [2.05, 4.69) is 15.7 Å². The third-order valence-corrected chi connectivity index (χ3v) is 3.16. The van der Waals surface area contributed by atoms with Crippen LogP contribution in [0.25, 0.3) is 11.3 Å². The van der Waals surface area contributed by atoms with Crippen molar-refractivity contribution in [3.8, 4) is 11.3 Å². The molecule has 0 bridgehead atoms. The lowest BCUT2D eigenvalue weighted by Gasteiger charge is -2.04. The molecule has 92 valence electrons. The SMILES string of the molecule is CNc1cc(-c2ccc3c(c2)CC(=O)N3)n(C)n1. The van der Waals surface area contributed by atoms with E-state index in [1.165, 1.54) is 0 Å². The van der Waals surface area contributed by atoms with Crippen LogP contribution in [0.5, 0.6) is 0 Å². The fourth-order valence-corrected chi connectivity index (χ4v) is 2.25. The number of hydrogen-bond acceptors (Lipinski definition) is 3. The van der Waals surface area contributed by atoms with Crippen LogP contribution in [0, 0.1) is 0 Å². The zero-order valence-corrected chi connectivity index (χ0v) is 10.3. The highest BCUT2D eigenvalue weighted by molar-refractivity contribution is 5.99. The number of aryl methyl sites for hydroxylation is 1. The van der Waals surface area contributed by atoms with Crippen molar-refractivity contribution in [1.29, 1.82) is 0 Å². The van der Waals surface area contributed by atoms with Gasteiger partial charge in [-0.05, 0) is 17.7 Å². The van der Waals surface area contributed by atoms with Gasteiger partial charge in [-0.15, -0.1) is 0 Å². The minimum atomic E-state index is 0.0584. The second kappa shape index (κ2) is 3.87. The first-order chi connectivity index (χ1) is 8.67. The van der Waals surface area contributed by atoms with Crippen LogP contribution in [0.3, 0.4) is 0 Å². The van der Waals surface area contributed by atoms with Gasteiger partial charge in [0.05, 0.1) is 12.1 Å². The maximum Gasteiger partial charge on any atom is 0.228 e. The fourth-order valence-electron chi connectivity index (χ4n) is 2.25. The number of fused-ring (bicyclic) bond motifs is 1. The zero-order valence-electron chi connectivity index (χ0n) is 10.3. The Morgan fingerprint density at radius 3 is 2.94 bits per heavy atom. The van der Waals surface area contributed by atoms with Crippen LogP contribution in [0.2, 0.25) is 0 Å². The number of nitrogens with zero attached hydrogens (tertiary/aromatic N) is 2. The summed E-state index contributed by atoms with van der Waals surface area (Å²) in [5, 5.41) is 10.2. The van der Waals surface area contributed by atoms with Crippen molar-refractivity contribution >= 4 is 17.4 Å². The average molecular weight is 242 g/mol. The molecule has 2 N–H and O–H groups in total. The number of rotatable bonds is 2. The number of hydrogen-bond donors (Lipinski definition) is 2. The first-order valence-corrected chi connectivity index (χ1v) is 5.82. The van der Waals surface area contributed by atoms with Crippen LogP contribution in [-0.4, -0.2) is 22.7 Å². The largest absolute Gasteiger partial charge is 0.372 e. The highest BCUT2D eigenvalue weighted by Gasteiger charge is 2.18. The molecule has 0 atom stereocenters. The molecule has 0 saturated carbocycles. The predicted molar refractivity (Wildman–Crippen MR) is 70.5 cm³/mol. The molecular weight excluding hydrogens is 228 g/mol. The number of benzene rings is 1. The first kappa shape index (κ1) is 10.8. The quantitative estimate of drug-likeness (QED) is 0.841. The van der Waals surface area contributed by atoms with Gasteiger partial charge in [0.15, 0.2) is 0 Å². The Morgan fingerprint density at radius 2 is 2.22 bits per heavy atom. The van der Waals surface area contributed by atoms with Gasteiger partial charge in [-0.1, -0.05) is 6.07 Å². The van der Waals surface area contributed by atoms with Crippen LogP contribution in [0.4, 0.5) is 11.5 Å². The normalized spacial score (nSPS) is 13.3. The number of nitrogens with one attached hydrogen (secondary N) is 2. The Kier molecular flexibility index (Phi) is 2.33. The lowest BCUT2D eigenvalue weighted by molar-refractivity contribution is -0.115. The summed E-state index contributed by atoms with van der Waals surface area (Å²) >= 11 is 0. The van der Waals surface area contributed by atoms with Gasteiger partial charge in [-0.2, -0.15) is 5.10 Å². The van der Waals surface area contributed by atoms with Gasteiger partial charge in [0.25, 0.3) is 0 Å². The molecule has 0 fully saturated rings. The maximum absolute atomic E-state index is 11.3. The van der Waals surface area contributed by atoms with Crippen molar-refractivity contribution in [3.63, 3.8) is 0 Å². The molecule has 2 aromatic rings. The topological polar surface area (TPSA) is 59.0 Å². The summed E-state index contributed by atoms with van der Waals surface area (Å²) in [5.41, 5.74) is 4.06. The molecule has 1 aliphatic heterocycles. The van der Waals surface area contributed by atoms with Gasteiger partial charge >= 0.3 is 0 Å². The standard InChI is InChI=1S/C13H14N4O/c1-14-12-7-11(17(2)16-12)8-3-4-10-9(5-8)6-13(18)15-10/h3-5,7H,6H2,1-2H3,(H,14,16)(H,15,18). The van der Waals surface area contributed by atoms with Crippen molar-refractivity contribution in [3.05, 3.63) is 29.8 Å². The summed E-state index contributed by atoms with van der Waals surface area (Å²) in [4.78, 5) is 11.3. The Hall–Kier alpha value is -2.30. The summed E-state index contributed by atoms with van der Waals surface area (Å²) < 4.78 is 1.83. The summed E-state index contributed by atoms with van der Waals surface area (Å²) in [7, 11) is 3.75. The van der Waals surface area contributed by atoms with E-state index in [0.29, 0.717) is 6.42 Å². The molecule has 5 heteroatoms. The molecule has 18 heavy (non-hydrogen) atoms. The van der Waals surface area contributed by atoms with Crippen LogP contribution in [0.15, 0.2) is 24.3 Å². The summed E-state index contributed by atoms with van der Waals surface area (Å²) in [6, 6.07) is 7.98. The smallest absolute Gasteiger partial charge is 0.228 e. The van der Waals surface area contributed by atoms with Crippen molar-refractivity contribution in [2.24, 2.45) is 7.05 Å². The van der Waals surface area contributed by atoms with Gasteiger partial charge in [0, 0.05) is 31.4 Å². The second-order valence-electron chi connectivity index (χ2n) is 4.39. The van der Waals surface area contributed by atoms with E-state index in [1.807, 2.05) is 43.0 Å². The van der Waals surface area contributed by atoms with E-state index in [0.717, 1.165) is 28.3 Å². The second-order valence-corrected chi connectivity index (χ2v) is 4.39. The number of amides is 1. The maximum atomic E-state index is 11.3. The monoisotopic (exact) mass is 242 g/mol. The number of carbonyl (C=O) groups excluding carboxylic acids is 1. The van der Waals surface area contributed by atoms with Crippen LogP contribution in [0.1, 0.15) is 5.56 Å². The molecule has 0 radical (unpaired) electrons. The van der Waals surface area contributed by atoms with Crippen molar-refractivity contribution in [1.82, 2.24) is 9.78 Å². The van der Waals surface area contributed by atoms with Crippen LogP contribution < -0.4 is 10.6 Å². The zero-order chi connectivity index (χ0) is 12.7. The number of aromatic nitrogens is 2. The van der Waals surface area contributed by atoms with Crippen molar-refractivity contribution in [2.75, 3.05) is 17.7 Å².